The van der Waals surface area contributed by atoms with Crippen LogP contribution in [-0.4, -0.2) is 45.9 Å². The molecule has 0 spiro atoms. The molecule has 2 aromatic rings. The predicted octanol–water partition coefficient (Wildman–Crippen LogP) is 1.97. The summed E-state index contributed by atoms with van der Waals surface area (Å²) >= 11 is 0. The number of nitrogens with zero attached hydrogens (tertiary/aromatic N) is 1. The van der Waals surface area contributed by atoms with Crippen LogP contribution in [0.2, 0.25) is 0 Å². The van der Waals surface area contributed by atoms with Crippen molar-refractivity contribution < 1.29 is 22.7 Å². The molecule has 1 heterocycles. The molecule has 0 radical (unpaired) electrons. The van der Waals surface area contributed by atoms with Crippen LogP contribution in [0, 0.1) is 11.8 Å². The fourth-order valence-corrected chi connectivity index (χ4v) is 3.96. The monoisotopic (exact) mass is 412 g/mol. The first-order valence-corrected chi connectivity index (χ1v) is 10.7. The largest absolute Gasteiger partial charge is 0.447 e. The molecule has 0 atom stereocenters. The Morgan fingerprint density at radius 1 is 1.10 bits per heavy atom. The van der Waals surface area contributed by atoms with Crippen LogP contribution in [0.4, 0.5) is 10.5 Å². The van der Waals surface area contributed by atoms with Crippen LogP contribution < -0.4 is 10.2 Å². The van der Waals surface area contributed by atoms with E-state index in [1.807, 2.05) is 0 Å². The van der Waals surface area contributed by atoms with Gasteiger partial charge in [0.1, 0.15) is 6.61 Å². The van der Waals surface area contributed by atoms with E-state index in [2.05, 4.69) is 17.2 Å². The molecule has 1 N–H and O–H groups in total. The van der Waals surface area contributed by atoms with E-state index in [-0.39, 0.29) is 35.6 Å². The van der Waals surface area contributed by atoms with Gasteiger partial charge in [-0.1, -0.05) is 30.0 Å². The Balaban J connectivity index is 1.45. The maximum atomic E-state index is 12.2. The number of carbonyl (C=O) groups excluding carboxylic acids is 2. The summed E-state index contributed by atoms with van der Waals surface area (Å²) in [5.74, 6) is 5.11. The van der Waals surface area contributed by atoms with Crippen molar-refractivity contribution in [2.75, 3.05) is 30.3 Å². The van der Waals surface area contributed by atoms with Crippen LogP contribution in [0.1, 0.15) is 12.0 Å². The first kappa shape index (κ1) is 20.4. The van der Waals surface area contributed by atoms with E-state index < -0.39 is 9.84 Å². The zero-order valence-corrected chi connectivity index (χ0v) is 16.4. The Bertz CT molecular complexity index is 1040. The Labute approximate surface area is 169 Å². The van der Waals surface area contributed by atoms with Gasteiger partial charge < -0.3 is 10.1 Å². The number of anilines is 1. The van der Waals surface area contributed by atoms with Gasteiger partial charge in [-0.2, -0.15) is 0 Å². The Morgan fingerprint density at radius 3 is 2.48 bits per heavy atom. The second-order valence-electron chi connectivity index (χ2n) is 6.27. The zero-order valence-electron chi connectivity index (χ0n) is 15.6. The summed E-state index contributed by atoms with van der Waals surface area (Å²) < 4.78 is 29.2. The van der Waals surface area contributed by atoms with Crippen LogP contribution >= 0.6 is 0 Å². The number of hydrogen-bond donors (Lipinski definition) is 1. The minimum atomic E-state index is -3.48. The van der Waals surface area contributed by atoms with Gasteiger partial charge in [-0.15, -0.1) is 0 Å². The molecule has 29 heavy (non-hydrogen) atoms. The highest BCUT2D eigenvalue weighted by molar-refractivity contribution is 7.91. The molecule has 3 rings (SSSR count). The number of sulfone groups is 1. The van der Waals surface area contributed by atoms with Gasteiger partial charge in [-0.25, -0.2) is 13.2 Å². The average molecular weight is 412 g/mol. The highest BCUT2D eigenvalue weighted by Crippen LogP contribution is 2.18. The molecule has 0 bridgehead atoms. The first-order chi connectivity index (χ1) is 14.0. The molecular weight excluding hydrogens is 392 g/mol. The lowest BCUT2D eigenvalue weighted by atomic mass is 10.2. The van der Waals surface area contributed by atoms with E-state index >= 15 is 0 Å². The van der Waals surface area contributed by atoms with Gasteiger partial charge in [0.2, 0.25) is 5.91 Å². The standard InChI is InChI=1S/C21H20N2O5S/c24-20(12-16-29(26,27)19-6-2-1-3-7-19)22-13-4-5-17-8-10-18(11-9-17)23-14-15-28-21(23)25/h1-3,6-11H,12-16H2,(H,22,24). The third-order valence-electron chi connectivity index (χ3n) is 4.25. The molecule has 2 amide bonds. The number of cyclic esters (lactones) is 1. The Hall–Kier alpha value is -3.31. The smallest absolute Gasteiger partial charge is 0.414 e. The lowest BCUT2D eigenvalue weighted by molar-refractivity contribution is -0.120. The summed E-state index contributed by atoms with van der Waals surface area (Å²) in [7, 11) is -3.48. The van der Waals surface area contributed by atoms with Gasteiger partial charge >= 0.3 is 6.09 Å². The molecule has 1 fully saturated rings. The molecule has 8 heteroatoms. The van der Waals surface area contributed by atoms with E-state index in [9.17, 15) is 18.0 Å². The quantitative estimate of drug-likeness (QED) is 0.733. The molecule has 1 saturated heterocycles. The van der Waals surface area contributed by atoms with Crippen molar-refractivity contribution in [2.45, 2.75) is 11.3 Å². The third kappa shape index (κ3) is 5.59. The van der Waals surface area contributed by atoms with Crippen LogP contribution in [0.15, 0.2) is 59.5 Å². The number of carbonyl (C=O) groups is 2. The maximum Gasteiger partial charge on any atom is 0.414 e. The van der Waals surface area contributed by atoms with Gasteiger partial charge in [0.05, 0.1) is 23.7 Å². The summed E-state index contributed by atoms with van der Waals surface area (Å²) in [5, 5.41) is 2.59. The fourth-order valence-electron chi connectivity index (χ4n) is 2.70. The molecule has 150 valence electrons. The maximum absolute atomic E-state index is 12.2. The van der Waals surface area contributed by atoms with Crippen molar-refractivity contribution in [3.63, 3.8) is 0 Å². The van der Waals surface area contributed by atoms with E-state index in [1.165, 1.54) is 12.1 Å². The number of ether oxygens (including phenoxy) is 1. The van der Waals surface area contributed by atoms with Gasteiger partial charge in [-0.05, 0) is 36.4 Å². The van der Waals surface area contributed by atoms with Gasteiger partial charge in [0.15, 0.2) is 9.84 Å². The summed E-state index contributed by atoms with van der Waals surface area (Å²) in [5.41, 5.74) is 1.48. The van der Waals surface area contributed by atoms with Crippen molar-refractivity contribution in [3.05, 3.63) is 60.2 Å². The molecule has 7 nitrogen and oxygen atoms in total. The first-order valence-electron chi connectivity index (χ1n) is 9.03. The van der Waals surface area contributed by atoms with E-state index in [1.54, 1.807) is 47.4 Å². The van der Waals surface area contributed by atoms with Gasteiger partial charge in [0, 0.05) is 17.7 Å². The number of amides is 2. The van der Waals surface area contributed by atoms with Crippen molar-refractivity contribution in [1.82, 2.24) is 5.32 Å². The van der Waals surface area contributed by atoms with Crippen LogP contribution in [0.25, 0.3) is 0 Å². The molecule has 0 unspecified atom stereocenters. The number of benzene rings is 2. The lowest BCUT2D eigenvalue weighted by Crippen LogP contribution is -2.25. The van der Waals surface area contributed by atoms with E-state index in [0.29, 0.717) is 13.2 Å². The second-order valence-corrected chi connectivity index (χ2v) is 8.38. The number of nitrogens with one attached hydrogen (secondary N) is 1. The van der Waals surface area contributed by atoms with Crippen molar-refractivity contribution in [2.24, 2.45) is 0 Å². The molecule has 0 saturated carbocycles. The Kier molecular flexibility index (Phi) is 6.52. The number of rotatable bonds is 6. The summed E-state index contributed by atoms with van der Waals surface area (Å²) in [6.07, 6.45) is -0.486. The molecule has 0 aromatic heterocycles. The van der Waals surface area contributed by atoms with Crippen LogP contribution in [-0.2, 0) is 19.4 Å². The molecule has 0 aliphatic carbocycles. The van der Waals surface area contributed by atoms with Gasteiger partial charge in [-0.3, -0.25) is 9.69 Å². The molecule has 1 aliphatic rings. The Morgan fingerprint density at radius 2 is 1.83 bits per heavy atom. The van der Waals surface area contributed by atoms with Crippen molar-refractivity contribution in [3.8, 4) is 11.8 Å². The highest BCUT2D eigenvalue weighted by atomic mass is 32.2. The van der Waals surface area contributed by atoms with Crippen molar-refractivity contribution in [1.29, 1.82) is 0 Å². The van der Waals surface area contributed by atoms with Gasteiger partial charge in [0.25, 0.3) is 0 Å². The van der Waals surface area contributed by atoms with Crippen molar-refractivity contribution >= 4 is 27.5 Å². The topological polar surface area (TPSA) is 92.8 Å². The highest BCUT2D eigenvalue weighted by Gasteiger charge is 2.23. The third-order valence-corrected chi connectivity index (χ3v) is 5.98. The summed E-state index contributed by atoms with van der Waals surface area (Å²) in [6.45, 7) is 1.02. The molecule has 1 aliphatic heterocycles. The lowest BCUT2D eigenvalue weighted by Gasteiger charge is -2.11. The fraction of sp³-hybridized carbons (Fsp3) is 0.238. The second kappa shape index (κ2) is 9.26. The SMILES string of the molecule is O=C(CCS(=O)(=O)c1ccccc1)NCC#Cc1ccc(N2CCOC2=O)cc1. The van der Waals surface area contributed by atoms with E-state index in [4.69, 9.17) is 4.74 Å². The summed E-state index contributed by atoms with van der Waals surface area (Å²) in [6, 6.07) is 15.2. The summed E-state index contributed by atoms with van der Waals surface area (Å²) in [4.78, 5) is 25.1. The predicted molar refractivity (Wildman–Crippen MR) is 108 cm³/mol. The molecular formula is C21H20N2O5S. The average Bonchev–Trinajstić information content (AvgIpc) is 3.17. The molecule has 2 aromatic carbocycles. The minimum Gasteiger partial charge on any atom is -0.447 e. The normalized spacial score (nSPS) is 13.4. The van der Waals surface area contributed by atoms with Crippen LogP contribution in [0.5, 0.6) is 0 Å². The van der Waals surface area contributed by atoms with E-state index in [0.717, 1.165) is 11.3 Å². The zero-order chi connectivity index (χ0) is 20.7. The van der Waals surface area contributed by atoms with Crippen LogP contribution in [0.3, 0.4) is 0 Å². The number of hydrogen-bond acceptors (Lipinski definition) is 5. The minimum absolute atomic E-state index is 0.115.